The van der Waals surface area contributed by atoms with E-state index >= 15 is 0 Å². The Hall–Kier alpha value is -3.45. The lowest BCUT2D eigenvalue weighted by atomic mass is 9.74. The Bertz CT molecular complexity index is 1160. The van der Waals surface area contributed by atoms with Crippen molar-refractivity contribution in [1.29, 1.82) is 0 Å². The maximum atomic E-state index is 13.9. The van der Waals surface area contributed by atoms with Gasteiger partial charge in [0.2, 0.25) is 0 Å². The summed E-state index contributed by atoms with van der Waals surface area (Å²) in [4.78, 5) is 34.9. The highest BCUT2D eigenvalue weighted by Gasteiger charge is 2.55. The smallest absolute Gasteiger partial charge is 0.325 e. The SMILES string of the molecule is CCc1ccc(CN2CCC([C@@]3(Cc4ccccc4)NC(=O)N(Cc4cccnc4)C3=O)CC2)o1. The first-order chi connectivity index (χ1) is 17.1. The van der Waals surface area contributed by atoms with Crippen LogP contribution < -0.4 is 5.32 Å². The molecular weight excluding hydrogens is 440 g/mol. The summed E-state index contributed by atoms with van der Waals surface area (Å²) in [5.41, 5.74) is 0.952. The summed E-state index contributed by atoms with van der Waals surface area (Å²) in [5, 5.41) is 3.16. The van der Waals surface area contributed by atoms with Gasteiger partial charge in [0, 0.05) is 25.2 Å². The fourth-order valence-corrected chi connectivity index (χ4v) is 5.42. The Morgan fingerprint density at radius 1 is 0.971 bits per heavy atom. The van der Waals surface area contributed by atoms with E-state index in [1.807, 2.05) is 48.5 Å². The molecule has 4 heterocycles. The van der Waals surface area contributed by atoms with E-state index in [0.29, 0.717) is 6.42 Å². The van der Waals surface area contributed by atoms with Gasteiger partial charge in [-0.3, -0.25) is 19.6 Å². The van der Waals surface area contributed by atoms with E-state index in [4.69, 9.17) is 4.42 Å². The molecule has 0 radical (unpaired) electrons. The topological polar surface area (TPSA) is 78.7 Å². The van der Waals surface area contributed by atoms with Gasteiger partial charge >= 0.3 is 6.03 Å². The molecule has 0 saturated carbocycles. The number of rotatable bonds is 8. The van der Waals surface area contributed by atoms with Gasteiger partial charge in [0.05, 0.1) is 13.1 Å². The first-order valence-corrected chi connectivity index (χ1v) is 12.4. The van der Waals surface area contributed by atoms with Crippen molar-refractivity contribution in [2.45, 2.75) is 51.2 Å². The molecule has 7 heteroatoms. The summed E-state index contributed by atoms with van der Waals surface area (Å²) in [6, 6.07) is 17.5. The third kappa shape index (κ3) is 4.86. The lowest BCUT2D eigenvalue weighted by Crippen LogP contribution is -2.57. The van der Waals surface area contributed by atoms with Gasteiger partial charge in [0.25, 0.3) is 5.91 Å². The van der Waals surface area contributed by atoms with Crippen molar-refractivity contribution >= 4 is 11.9 Å². The van der Waals surface area contributed by atoms with Crippen molar-refractivity contribution in [3.63, 3.8) is 0 Å². The van der Waals surface area contributed by atoms with E-state index in [0.717, 1.165) is 61.5 Å². The zero-order valence-corrected chi connectivity index (χ0v) is 20.2. The van der Waals surface area contributed by atoms with Crippen molar-refractivity contribution in [2.75, 3.05) is 13.1 Å². The molecule has 2 fully saturated rings. The second kappa shape index (κ2) is 10.0. The minimum absolute atomic E-state index is 0.0529. The second-order valence-corrected chi connectivity index (χ2v) is 9.59. The molecule has 5 rings (SSSR count). The molecule has 7 nitrogen and oxygen atoms in total. The maximum absolute atomic E-state index is 13.9. The average Bonchev–Trinajstić information content (AvgIpc) is 3.44. The van der Waals surface area contributed by atoms with Gasteiger partial charge in [-0.1, -0.05) is 43.3 Å². The van der Waals surface area contributed by atoms with Gasteiger partial charge < -0.3 is 9.73 Å². The Labute approximate surface area is 206 Å². The largest absolute Gasteiger partial charge is 0.465 e. The van der Waals surface area contributed by atoms with Crippen LogP contribution in [0.2, 0.25) is 0 Å². The van der Waals surface area contributed by atoms with Gasteiger partial charge in [-0.05, 0) is 61.2 Å². The molecule has 3 aromatic rings. The highest BCUT2D eigenvalue weighted by atomic mass is 16.3. The molecule has 2 aromatic heterocycles. The fourth-order valence-electron chi connectivity index (χ4n) is 5.42. The number of furan rings is 1. The number of hydrogen-bond donors (Lipinski definition) is 1. The van der Waals surface area contributed by atoms with Gasteiger partial charge in [0.1, 0.15) is 17.1 Å². The van der Waals surface area contributed by atoms with E-state index in [-0.39, 0.29) is 24.4 Å². The number of nitrogens with one attached hydrogen (secondary N) is 1. The van der Waals surface area contributed by atoms with Crippen molar-refractivity contribution in [2.24, 2.45) is 5.92 Å². The van der Waals surface area contributed by atoms with E-state index in [2.05, 4.69) is 28.2 Å². The molecule has 2 aliphatic rings. The molecule has 182 valence electrons. The lowest BCUT2D eigenvalue weighted by Gasteiger charge is -2.41. The van der Waals surface area contributed by atoms with Gasteiger partial charge in [-0.25, -0.2) is 4.79 Å². The summed E-state index contributed by atoms with van der Waals surface area (Å²) in [5.74, 6) is 1.90. The normalized spacial score (nSPS) is 21.5. The van der Waals surface area contributed by atoms with Crippen LogP contribution in [0.5, 0.6) is 0 Å². The van der Waals surface area contributed by atoms with Crippen LogP contribution in [-0.2, 0) is 30.7 Å². The molecule has 0 aliphatic carbocycles. The van der Waals surface area contributed by atoms with Crippen LogP contribution in [0.3, 0.4) is 0 Å². The van der Waals surface area contributed by atoms with Crippen molar-refractivity contribution < 1.29 is 14.0 Å². The standard InChI is InChI=1S/C28H32N4O3/c1-2-24-10-11-25(35-24)20-31-15-12-23(13-16-31)28(17-21-7-4-3-5-8-21)26(33)32(27(34)30-28)19-22-9-6-14-29-18-22/h3-11,14,18,23H,2,12-13,15-17,19-20H2,1H3,(H,30,34)/t28-/m1/s1. The lowest BCUT2D eigenvalue weighted by molar-refractivity contribution is -0.134. The number of imide groups is 1. The zero-order valence-electron chi connectivity index (χ0n) is 20.2. The summed E-state index contributed by atoms with van der Waals surface area (Å²) in [7, 11) is 0. The van der Waals surface area contributed by atoms with E-state index in [1.54, 1.807) is 12.4 Å². The third-order valence-corrected chi connectivity index (χ3v) is 7.32. The van der Waals surface area contributed by atoms with Crippen LogP contribution in [0.25, 0.3) is 0 Å². The highest BCUT2D eigenvalue weighted by Crippen LogP contribution is 2.37. The number of amides is 3. The first-order valence-electron chi connectivity index (χ1n) is 12.4. The maximum Gasteiger partial charge on any atom is 0.325 e. The molecule has 3 amide bonds. The quantitative estimate of drug-likeness (QED) is 0.498. The molecular formula is C28H32N4O3. The number of nitrogens with zero attached hydrogens (tertiary/aromatic N) is 3. The summed E-state index contributed by atoms with van der Waals surface area (Å²) in [6.07, 6.45) is 6.44. The van der Waals surface area contributed by atoms with Gasteiger partial charge in [-0.15, -0.1) is 0 Å². The molecule has 2 saturated heterocycles. The molecule has 0 unspecified atom stereocenters. The Balaban J connectivity index is 1.35. The van der Waals surface area contributed by atoms with Crippen LogP contribution in [0, 0.1) is 5.92 Å². The van der Waals surface area contributed by atoms with Crippen molar-refractivity contribution in [3.05, 3.63) is 89.6 Å². The number of likely N-dealkylation sites (tertiary alicyclic amines) is 1. The summed E-state index contributed by atoms with van der Waals surface area (Å²) in [6.45, 7) is 4.80. The predicted octanol–water partition coefficient (Wildman–Crippen LogP) is 4.18. The van der Waals surface area contributed by atoms with Crippen molar-refractivity contribution in [3.8, 4) is 0 Å². The number of carbonyl (C=O) groups excluding carboxylic acids is 2. The average molecular weight is 473 g/mol. The van der Waals surface area contributed by atoms with E-state index < -0.39 is 5.54 Å². The molecule has 0 bridgehead atoms. The molecule has 1 N–H and O–H groups in total. The molecule has 1 aromatic carbocycles. The first kappa shape index (κ1) is 23.3. The number of urea groups is 1. The number of benzene rings is 1. The molecule has 2 aliphatic heterocycles. The number of aromatic nitrogens is 1. The number of aryl methyl sites for hydroxylation is 1. The monoisotopic (exact) mass is 472 g/mol. The van der Waals surface area contributed by atoms with E-state index in [1.165, 1.54) is 4.90 Å². The fraction of sp³-hybridized carbons (Fsp3) is 0.393. The second-order valence-electron chi connectivity index (χ2n) is 9.59. The zero-order chi connectivity index (χ0) is 24.3. The van der Waals surface area contributed by atoms with Gasteiger partial charge in [0.15, 0.2) is 0 Å². The number of piperidine rings is 1. The van der Waals surface area contributed by atoms with Crippen LogP contribution in [0.1, 0.15) is 42.4 Å². The molecule has 35 heavy (non-hydrogen) atoms. The highest BCUT2D eigenvalue weighted by molar-refractivity contribution is 6.07. The molecule has 1 atom stereocenters. The Kier molecular flexibility index (Phi) is 6.68. The van der Waals surface area contributed by atoms with Crippen LogP contribution in [0.4, 0.5) is 4.79 Å². The predicted molar refractivity (Wildman–Crippen MR) is 132 cm³/mol. The summed E-state index contributed by atoms with van der Waals surface area (Å²) >= 11 is 0. The van der Waals surface area contributed by atoms with Crippen LogP contribution >= 0.6 is 0 Å². The Morgan fingerprint density at radius 3 is 2.40 bits per heavy atom. The minimum atomic E-state index is -0.938. The van der Waals surface area contributed by atoms with Gasteiger partial charge in [-0.2, -0.15) is 0 Å². The van der Waals surface area contributed by atoms with Crippen molar-refractivity contribution in [1.82, 2.24) is 20.1 Å². The number of pyridine rings is 1. The number of carbonyl (C=O) groups is 2. The Morgan fingerprint density at radius 2 is 1.71 bits per heavy atom. The van der Waals surface area contributed by atoms with Crippen LogP contribution in [0.15, 0.2) is 71.4 Å². The third-order valence-electron chi connectivity index (χ3n) is 7.32. The minimum Gasteiger partial charge on any atom is -0.465 e. The molecule has 0 spiro atoms. The van der Waals surface area contributed by atoms with E-state index in [9.17, 15) is 9.59 Å². The number of hydrogen-bond acceptors (Lipinski definition) is 5. The summed E-state index contributed by atoms with van der Waals surface area (Å²) < 4.78 is 5.90. The van der Waals surface area contributed by atoms with Crippen LogP contribution in [-0.4, -0.2) is 45.4 Å².